The average Bonchev–Trinajstić information content (AvgIpc) is 2.00. The Hall–Kier alpha value is -0.0800. The quantitative estimate of drug-likeness (QED) is 0.620. The van der Waals surface area contributed by atoms with E-state index >= 15 is 0 Å². The Balaban J connectivity index is 1.82. The Labute approximate surface area is 75.5 Å². The van der Waals surface area contributed by atoms with E-state index in [-0.39, 0.29) is 6.04 Å². The molecule has 1 fully saturated rings. The Morgan fingerprint density at radius 1 is 1.50 bits per heavy atom. The highest BCUT2D eigenvalue weighted by molar-refractivity contribution is 4.68. The van der Waals surface area contributed by atoms with Gasteiger partial charge in [-0.15, -0.1) is 0 Å². The summed E-state index contributed by atoms with van der Waals surface area (Å²) in [6.07, 6.45) is 6.53. The first-order valence-corrected chi connectivity index (χ1v) is 5.16. The maximum atomic E-state index is 5.71. The van der Waals surface area contributed by atoms with Crippen molar-refractivity contribution in [1.82, 2.24) is 0 Å². The molecule has 0 aromatic heterocycles. The molecule has 1 atom stereocenters. The van der Waals surface area contributed by atoms with Gasteiger partial charge in [-0.1, -0.05) is 26.2 Å². The first-order valence-electron chi connectivity index (χ1n) is 5.16. The number of nitrogens with two attached hydrogens (primary N) is 1. The second-order valence-corrected chi connectivity index (χ2v) is 3.83. The summed E-state index contributed by atoms with van der Waals surface area (Å²) in [6.45, 7) is 3.75. The first-order chi connectivity index (χ1) is 5.83. The summed E-state index contributed by atoms with van der Waals surface area (Å²) < 4.78 is 5.47. The molecule has 1 aliphatic carbocycles. The molecule has 72 valence electrons. The fourth-order valence-corrected chi connectivity index (χ4v) is 1.38. The van der Waals surface area contributed by atoms with Crippen molar-refractivity contribution in [1.29, 1.82) is 0 Å². The van der Waals surface area contributed by atoms with Crippen molar-refractivity contribution in [2.45, 2.75) is 45.1 Å². The largest absolute Gasteiger partial charge is 0.380 e. The monoisotopic (exact) mass is 171 g/mol. The van der Waals surface area contributed by atoms with Crippen molar-refractivity contribution in [2.24, 2.45) is 11.7 Å². The lowest BCUT2D eigenvalue weighted by molar-refractivity contribution is 0.0955. The van der Waals surface area contributed by atoms with E-state index in [1.165, 1.54) is 25.7 Å². The molecule has 0 spiro atoms. The molecule has 0 aromatic rings. The van der Waals surface area contributed by atoms with E-state index in [0.717, 1.165) is 25.6 Å². The van der Waals surface area contributed by atoms with Crippen LogP contribution in [0.5, 0.6) is 0 Å². The molecule has 1 aliphatic rings. The van der Waals surface area contributed by atoms with E-state index in [1.54, 1.807) is 0 Å². The summed E-state index contributed by atoms with van der Waals surface area (Å²) in [5, 5.41) is 0. The van der Waals surface area contributed by atoms with E-state index in [4.69, 9.17) is 10.5 Å². The van der Waals surface area contributed by atoms with Gasteiger partial charge in [0.05, 0.1) is 6.61 Å². The maximum Gasteiger partial charge on any atom is 0.0617 e. The van der Waals surface area contributed by atoms with Gasteiger partial charge in [-0.2, -0.15) is 0 Å². The van der Waals surface area contributed by atoms with Gasteiger partial charge < -0.3 is 10.5 Å². The molecule has 12 heavy (non-hydrogen) atoms. The van der Waals surface area contributed by atoms with Gasteiger partial charge in [0.15, 0.2) is 0 Å². The molecular formula is C10H21NO. The normalized spacial score (nSPS) is 20.5. The van der Waals surface area contributed by atoms with Gasteiger partial charge in [-0.3, -0.25) is 0 Å². The van der Waals surface area contributed by atoms with Crippen LogP contribution in [0.4, 0.5) is 0 Å². The van der Waals surface area contributed by atoms with Crippen molar-refractivity contribution in [3.8, 4) is 0 Å². The van der Waals surface area contributed by atoms with E-state index in [0.29, 0.717) is 0 Å². The highest BCUT2D eigenvalue weighted by atomic mass is 16.5. The lowest BCUT2D eigenvalue weighted by Gasteiger charge is -2.25. The Morgan fingerprint density at radius 2 is 2.25 bits per heavy atom. The number of hydrogen-bond acceptors (Lipinski definition) is 2. The Morgan fingerprint density at radius 3 is 2.75 bits per heavy atom. The number of hydrogen-bond donors (Lipinski definition) is 1. The molecule has 0 aromatic carbocycles. The van der Waals surface area contributed by atoms with Crippen LogP contribution in [-0.2, 0) is 4.74 Å². The van der Waals surface area contributed by atoms with Crippen LogP contribution in [0.15, 0.2) is 0 Å². The Kier molecular flexibility index (Phi) is 4.62. The van der Waals surface area contributed by atoms with Gasteiger partial charge in [0.25, 0.3) is 0 Å². The van der Waals surface area contributed by atoms with Crippen LogP contribution < -0.4 is 5.73 Å². The van der Waals surface area contributed by atoms with E-state index in [9.17, 15) is 0 Å². The van der Waals surface area contributed by atoms with Gasteiger partial charge >= 0.3 is 0 Å². The third-order valence-electron chi connectivity index (χ3n) is 2.75. The van der Waals surface area contributed by atoms with Crippen LogP contribution in [-0.4, -0.2) is 19.3 Å². The minimum Gasteiger partial charge on any atom is -0.380 e. The van der Waals surface area contributed by atoms with Crippen LogP contribution in [0.2, 0.25) is 0 Å². The van der Waals surface area contributed by atoms with E-state index in [1.807, 2.05) is 0 Å². The molecule has 0 amide bonds. The first kappa shape index (κ1) is 10.0. The van der Waals surface area contributed by atoms with Crippen molar-refractivity contribution >= 4 is 0 Å². The second-order valence-electron chi connectivity index (χ2n) is 3.83. The number of ether oxygens (including phenoxy) is 1. The van der Waals surface area contributed by atoms with E-state index < -0.39 is 0 Å². The predicted octanol–water partition coefficient (Wildman–Crippen LogP) is 1.93. The summed E-state index contributed by atoms with van der Waals surface area (Å²) in [5.41, 5.74) is 5.71. The van der Waals surface area contributed by atoms with Crippen LogP contribution in [0.1, 0.15) is 39.0 Å². The van der Waals surface area contributed by atoms with Crippen LogP contribution in [0.25, 0.3) is 0 Å². The van der Waals surface area contributed by atoms with Gasteiger partial charge in [-0.25, -0.2) is 0 Å². The highest BCUT2D eigenvalue weighted by Crippen LogP contribution is 2.28. The molecule has 2 N–H and O–H groups in total. The van der Waals surface area contributed by atoms with Gasteiger partial charge in [0.2, 0.25) is 0 Å². The topological polar surface area (TPSA) is 35.2 Å². The van der Waals surface area contributed by atoms with Crippen LogP contribution in [0.3, 0.4) is 0 Å². The van der Waals surface area contributed by atoms with Gasteiger partial charge in [-0.05, 0) is 18.8 Å². The Bertz CT molecular complexity index is 106. The standard InChI is InChI=1S/C10H21NO/c1-2-10(11)8-12-7-6-9-4-3-5-9/h9-10H,2-8,11H2,1H3. The van der Waals surface area contributed by atoms with Crippen LogP contribution >= 0.6 is 0 Å². The number of rotatable bonds is 6. The smallest absolute Gasteiger partial charge is 0.0617 e. The lowest BCUT2D eigenvalue weighted by atomic mass is 9.83. The van der Waals surface area contributed by atoms with Gasteiger partial charge in [0.1, 0.15) is 0 Å². The van der Waals surface area contributed by atoms with Crippen LogP contribution in [0, 0.1) is 5.92 Å². The lowest BCUT2D eigenvalue weighted by Crippen LogP contribution is -2.25. The second kappa shape index (κ2) is 5.55. The van der Waals surface area contributed by atoms with E-state index in [2.05, 4.69) is 6.92 Å². The fraction of sp³-hybridized carbons (Fsp3) is 1.00. The molecule has 2 heteroatoms. The fourth-order valence-electron chi connectivity index (χ4n) is 1.38. The summed E-state index contributed by atoms with van der Waals surface area (Å²) in [6, 6.07) is 0.242. The van der Waals surface area contributed by atoms with Crippen molar-refractivity contribution in [3.05, 3.63) is 0 Å². The molecule has 0 bridgehead atoms. The van der Waals surface area contributed by atoms with Crippen molar-refractivity contribution in [3.63, 3.8) is 0 Å². The SMILES string of the molecule is CCC(N)COCCC1CCC1. The zero-order valence-corrected chi connectivity index (χ0v) is 8.09. The molecule has 2 nitrogen and oxygen atoms in total. The minimum absolute atomic E-state index is 0.242. The predicted molar refractivity (Wildman–Crippen MR) is 51.0 cm³/mol. The molecule has 0 aliphatic heterocycles. The van der Waals surface area contributed by atoms with Crippen molar-refractivity contribution in [2.75, 3.05) is 13.2 Å². The maximum absolute atomic E-state index is 5.71. The summed E-state index contributed by atoms with van der Waals surface area (Å²) >= 11 is 0. The summed E-state index contributed by atoms with van der Waals surface area (Å²) in [5.74, 6) is 0.961. The zero-order chi connectivity index (χ0) is 8.81. The molecule has 1 rings (SSSR count). The third kappa shape index (κ3) is 3.55. The zero-order valence-electron chi connectivity index (χ0n) is 8.09. The molecule has 0 saturated heterocycles. The molecular weight excluding hydrogens is 150 g/mol. The molecule has 0 heterocycles. The molecule has 0 radical (unpaired) electrons. The average molecular weight is 171 g/mol. The third-order valence-corrected chi connectivity index (χ3v) is 2.75. The van der Waals surface area contributed by atoms with Gasteiger partial charge in [0, 0.05) is 12.6 Å². The molecule has 1 unspecified atom stereocenters. The minimum atomic E-state index is 0.242. The summed E-state index contributed by atoms with van der Waals surface area (Å²) in [7, 11) is 0. The van der Waals surface area contributed by atoms with Crippen molar-refractivity contribution < 1.29 is 4.74 Å². The molecule has 1 saturated carbocycles. The highest BCUT2D eigenvalue weighted by Gasteiger charge is 2.16. The summed E-state index contributed by atoms with van der Waals surface area (Å²) in [4.78, 5) is 0.